The average molecular weight is 1120 g/mol. The lowest BCUT2D eigenvalue weighted by molar-refractivity contribution is -0.302. The number of carbonyl (C=O) groups is 2. The van der Waals surface area contributed by atoms with E-state index in [-0.39, 0.29) is 18.5 Å². The van der Waals surface area contributed by atoms with Crippen LogP contribution in [0.1, 0.15) is 309 Å². The van der Waals surface area contributed by atoms with E-state index in [1.807, 2.05) is 6.08 Å². The second kappa shape index (κ2) is 57.4. The number of aliphatic hydroxyl groups is 5. The van der Waals surface area contributed by atoms with Crippen molar-refractivity contribution >= 4 is 11.9 Å². The van der Waals surface area contributed by atoms with Gasteiger partial charge in [-0.3, -0.25) is 9.59 Å². The van der Waals surface area contributed by atoms with Crippen LogP contribution in [-0.4, -0.2) is 100 Å². The van der Waals surface area contributed by atoms with Crippen molar-refractivity contribution in [2.75, 3.05) is 19.8 Å². The van der Waals surface area contributed by atoms with Crippen LogP contribution in [0.4, 0.5) is 0 Å². The van der Waals surface area contributed by atoms with Crippen molar-refractivity contribution in [3.8, 4) is 0 Å². The molecule has 0 radical (unpaired) electrons. The summed E-state index contributed by atoms with van der Waals surface area (Å²) in [7, 11) is 0. The summed E-state index contributed by atoms with van der Waals surface area (Å²) in [5.74, 6) is -0.191. The molecule has 0 aromatic heterocycles. The zero-order chi connectivity index (χ0) is 57.3. The lowest BCUT2D eigenvalue weighted by atomic mass is 9.99. The van der Waals surface area contributed by atoms with Gasteiger partial charge in [-0.25, -0.2) is 0 Å². The van der Waals surface area contributed by atoms with E-state index in [1.165, 1.54) is 212 Å². The first-order chi connectivity index (χ1) is 38.7. The first kappa shape index (κ1) is 74.6. The van der Waals surface area contributed by atoms with Gasteiger partial charge in [0.15, 0.2) is 6.29 Å². The van der Waals surface area contributed by atoms with E-state index in [2.05, 4.69) is 55.6 Å². The molecule has 0 aromatic rings. The van der Waals surface area contributed by atoms with Gasteiger partial charge in [0.25, 0.3) is 0 Å². The van der Waals surface area contributed by atoms with Gasteiger partial charge < -0.3 is 45.1 Å². The first-order valence-electron chi connectivity index (χ1n) is 33.4. The largest absolute Gasteiger partial charge is 0.466 e. The molecule has 1 amide bonds. The van der Waals surface area contributed by atoms with E-state index in [9.17, 15) is 35.1 Å². The van der Waals surface area contributed by atoms with E-state index in [4.69, 9.17) is 14.2 Å². The van der Waals surface area contributed by atoms with Gasteiger partial charge in [0, 0.05) is 12.8 Å². The zero-order valence-electron chi connectivity index (χ0n) is 51.1. The molecule has 1 saturated heterocycles. The van der Waals surface area contributed by atoms with E-state index in [1.54, 1.807) is 6.08 Å². The first-order valence-corrected chi connectivity index (χ1v) is 33.4. The van der Waals surface area contributed by atoms with E-state index in [0.29, 0.717) is 19.4 Å². The van der Waals surface area contributed by atoms with E-state index in [0.717, 1.165) is 70.6 Å². The Morgan fingerprint density at radius 2 is 0.835 bits per heavy atom. The smallest absolute Gasteiger partial charge is 0.305 e. The highest BCUT2D eigenvalue weighted by atomic mass is 16.7. The minimum atomic E-state index is -1.58. The quantitative estimate of drug-likeness (QED) is 0.0195. The van der Waals surface area contributed by atoms with Crippen LogP contribution < -0.4 is 5.32 Å². The number of hydrogen-bond acceptors (Lipinski definition) is 10. The number of carbonyl (C=O) groups excluding carboxylic acids is 2. The summed E-state index contributed by atoms with van der Waals surface area (Å²) in [5, 5.41) is 54.4. The minimum Gasteiger partial charge on any atom is -0.466 e. The predicted molar refractivity (Wildman–Crippen MR) is 329 cm³/mol. The summed E-state index contributed by atoms with van der Waals surface area (Å²) in [6.45, 7) is 4.29. The van der Waals surface area contributed by atoms with Crippen LogP contribution in [0.25, 0.3) is 0 Å². The summed E-state index contributed by atoms with van der Waals surface area (Å²) in [5.41, 5.74) is 0. The minimum absolute atomic E-state index is 0.00574. The molecule has 1 aliphatic rings. The number of allylic oxidation sites excluding steroid dienone is 7. The molecule has 6 N–H and O–H groups in total. The third-order valence-corrected chi connectivity index (χ3v) is 15.6. The number of hydrogen-bond donors (Lipinski definition) is 6. The molecule has 79 heavy (non-hydrogen) atoms. The number of amides is 1. The number of nitrogens with one attached hydrogen (secondary N) is 1. The second-order valence-electron chi connectivity index (χ2n) is 23.2. The van der Waals surface area contributed by atoms with Crippen LogP contribution in [0, 0.1) is 0 Å². The maximum atomic E-state index is 13.0. The van der Waals surface area contributed by atoms with Crippen molar-refractivity contribution in [2.45, 2.75) is 352 Å². The number of esters is 1. The molecule has 11 heteroatoms. The van der Waals surface area contributed by atoms with E-state index < -0.39 is 49.5 Å². The number of unbranched alkanes of at least 4 members (excludes halogenated alkanes) is 38. The Morgan fingerprint density at radius 3 is 1.29 bits per heavy atom. The molecule has 462 valence electrons. The molecule has 7 atom stereocenters. The summed E-state index contributed by atoms with van der Waals surface area (Å²) in [4.78, 5) is 25.1. The summed E-state index contributed by atoms with van der Waals surface area (Å²) < 4.78 is 16.7. The molecular weight excluding hydrogens is 991 g/mol. The normalized spacial score (nSPS) is 18.7. The Morgan fingerprint density at radius 1 is 0.456 bits per heavy atom. The van der Waals surface area contributed by atoms with Crippen LogP contribution in [-0.2, 0) is 23.8 Å². The van der Waals surface area contributed by atoms with Gasteiger partial charge in [-0.15, -0.1) is 0 Å². The molecule has 7 unspecified atom stereocenters. The second-order valence-corrected chi connectivity index (χ2v) is 23.2. The number of rotatable bonds is 58. The van der Waals surface area contributed by atoms with Crippen molar-refractivity contribution in [3.63, 3.8) is 0 Å². The van der Waals surface area contributed by atoms with Gasteiger partial charge in [0.2, 0.25) is 5.91 Å². The van der Waals surface area contributed by atoms with Crippen LogP contribution in [0.3, 0.4) is 0 Å². The van der Waals surface area contributed by atoms with Crippen LogP contribution in [0.5, 0.6) is 0 Å². The fourth-order valence-corrected chi connectivity index (χ4v) is 10.3. The molecule has 0 aromatic carbocycles. The molecule has 1 heterocycles. The van der Waals surface area contributed by atoms with Crippen LogP contribution >= 0.6 is 0 Å². The molecule has 1 rings (SSSR count). The van der Waals surface area contributed by atoms with Crippen molar-refractivity contribution < 1.29 is 49.3 Å². The highest BCUT2D eigenvalue weighted by Gasteiger charge is 2.44. The zero-order valence-corrected chi connectivity index (χ0v) is 51.1. The van der Waals surface area contributed by atoms with Gasteiger partial charge in [-0.1, -0.05) is 268 Å². The highest BCUT2D eigenvalue weighted by Crippen LogP contribution is 2.23. The maximum absolute atomic E-state index is 13.0. The van der Waals surface area contributed by atoms with Crippen molar-refractivity contribution in [1.29, 1.82) is 0 Å². The fraction of sp³-hybridized carbons (Fsp3) is 0.853. The molecule has 0 spiro atoms. The Balaban J connectivity index is 2.00. The molecular formula is C68H125NO10. The van der Waals surface area contributed by atoms with Crippen molar-refractivity contribution in [3.05, 3.63) is 48.6 Å². The van der Waals surface area contributed by atoms with Crippen LogP contribution in [0.15, 0.2) is 48.6 Å². The molecule has 11 nitrogen and oxygen atoms in total. The van der Waals surface area contributed by atoms with Crippen molar-refractivity contribution in [1.82, 2.24) is 5.32 Å². The Bertz CT molecular complexity index is 1450. The summed E-state index contributed by atoms with van der Waals surface area (Å²) in [6, 6.07) is -0.835. The van der Waals surface area contributed by atoms with Gasteiger partial charge in [-0.05, 0) is 77.0 Å². The monoisotopic (exact) mass is 1120 g/mol. The lowest BCUT2D eigenvalue weighted by Crippen LogP contribution is -2.60. The fourth-order valence-electron chi connectivity index (χ4n) is 10.3. The number of ether oxygens (including phenoxy) is 3. The van der Waals surface area contributed by atoms with Crippen LogP contribution in [0.2, 0.25) is 0 Å². The Kier molecular flexibility index (Phi) is 54.3. The average Bonchev–Trinajstić information content (AvgIpc) is 3.48. The predicted octanol–water partition coefficient (Wildman–Crippen LogP) is 16.4. The standard InChI is InChI=1S/C68H125NO10/c1-3-5-7-9-11-13-15-35-38-42-46-50-54-61(71)60(59-78-68-67(76)66(75)65(74)62(58-70)79-68)69-63(72)55-51-47-43-39-36-32-30-28-26-24-22-20-18-16-17-19-21-23-25-27-29-31-33-37-41-45-49-53-57-77-64(73)56-52-48-44-40-34-14-12-10-8-6-4-2/h9,11,16-17,35,38,50,54,60-62,65-68,70-71,74-76H,3-8,10,12-15,18-34,36-37,39-49,51-53,55-59H2,1-2H3,(H,69,72)/b11-9+,17-16-,38-35+,54-50+. The Hall–Kier alpha value is -2.38. The third kappa shape index (κ3) is 46.8. The van der Waals surface area contributed by atoms with Gasteiger partial charge in [0.05, 0.1) is 32.0 Å². The maximum Gasteiger partial charge on any atom is 0.305 e. The molecule has 1 aliphatic heterocycles. The summed E-state index contributed by atoms with van der Waals surface area (Å²) >= 11 is 0. The van der Waals surface area contributed by atoms with Gasteiger partial charge in [-0.2, -0.15) is 0 Å². The van der Waals surface area contributed by atoms with Gasteiger partial charge in [0.1, 0.15) is 24.4 Å². The molecule has 1 fully saturated rings. The topological polar surface area (TPSA) is 175 Å². The van der Waals surface area contributed by atoms with Crippen molar-refractivity contribution in [2.24, 2.45) is 0 Å². The molecule has 0 bridgehead atoms. The Labute approximate surface area is 485 Å². The summed E-state index contributed by atoms with van der Waals surface area (Å²) in [6.07, 6.45) is 63.8. The van der Waals surface area contributed by atoms with E-state index >= 15 is 0 Å². The van der Waals surface area contributed by atoms with Gasteiger partial charge >= 0.3 is 5.97 Å². The molecule has 0 saturated carbocycles. The number of aliphatic hydroxyl groups excluding tert-OH is 5. The highest BCUT2D eigenvalue weighted by molar-refractivity contribution is 5.76. The molecule has 0 aliphatic carbocycles. The SMILES string of the molecule is CCCC/C=C/CC/C=C/CC/C=C/C(O)C(COC1OC(CO)C(O)C(O)C1O)NC(=O)CCCCCCCCCCCCCC/C=C\CCCCCCCCCCCCCCOC(=O)CCCCCCCCCCCCC. The third-order valence-electron chi connectivity index (χ3n) is 15.6. The lowest BCUT2D eigenvalue weighted by Gasteiger charge is -2.40.